The van der Waals surface area contributed by atoms with Gasteiger partial charge in [0, 0.05) is 17.5 Å². The lowest BCUT2D eigenvalue weighted by Crippen LogP contribution is -2.07. The first-order chi connectivity index (χ1) is 9.19. The average Bonchev–Trinajstić information content (AvgIpc) is 2.42. The predicted molar refractivity (Wildman–Crippen MR) is 73.5 cm³/mol. The van der Waals surface area contributed by atoms with Gasteiger partial charge in [0.1, 0.15) is 11.3 Å². The van der Waals surface area contributed by atoms with Crippen molar-refractivity contribution in [2.75, 3.05) is 6.61 Å². The molecule has 0 radical (unpaired) electrons. The zero-order chi connectivity index (χ0) is 13.7. The molecule has 19 heavy (non-hydrogen) atoms. The van der Waals surface area contributed by atoms with Gasteiger partial charge in [-0.15, -0.1) is 0 Å². The van der Waals surface area contributed by atoms with Gasteiger partial charge in [0.2, 0.25) is 0 Å². The van der Waals surface area contributed by atoms with Crippen molar-refractivity contribution in [1.29, 1.82) is 0 Å². The summed E-state index contributed by atoms with van der Waals surface area (Å²) >= 11 is 0. The van der Waals surface area contributed by atoms with Crippen LogP contribution in [0.4, 0.5) is 0 Å². The molecule has 4 heteroatoms. The summed E-state index contributed by atoms with van der Waals surface area (Å²) in [5, 5.41) is 10.3. The third-order valence-electron chi connectivity index (χ3n) is 3.02. The van der Waals surface area contributed by atoms with Crippen molar-refractivity contribution in [2.45, 2.75) is 32.3 Å². The highest BCUT2D eigenvalue weighted by molar-refractivity contribution is 5.77. The van der Waals surface area contributed by atoms with E-state index in [2.05, 4.69) is 0 Å². The van der Waals surface area contributed by atoms with Gasteiger partial charge in [-0.2, -0.15) is 0 Å². The van der Waals surface area contributed by atoms with Crippen molar-refractivity contribution in [2.24, 2.45) is 0 Å². The van der Waals surface area contributed by atoms with E-state index < -0.39 is 0 Å². The summed E-state index contributed by atoms with van der Waals surface area (Å²) in [7, 11) is 0. The van der Waals surface area contributed by atoms with Crippen LogP contribution in [-0.2, 0) is 0 Å². The maximum absolute atomic E-state index is 11.1. The SMILES string of the molecule is CCC(O)CCCOc1ccc2ccc(=O)oc2c1. The summed E-state index contributed by atoms with van der Waals surface area (Å²) in [5.41, 5.74) is 0.161. The average molecular weight is 262 g/mol. The van der Waals surface area contributed by atoms with Gasteiger partial charge in [-0.1, -0.05) is 6.92 Å². The van der Waals surface area contributed by atoms with Gasteiger partial charge in [0.25, 0.3) is 0 Å². The van der Waals surface area contributed by atoms with Crippen LogP contribution in [0.1, 0.15) is 26.2 Å². The van der Waals surface area contributed by atoms with Crippen molar-refractivity contribution >= 4 is 11.0 Å². The molecule has 0 fully saturated rings. The molecular formula is C15H18O4. The zero-order valence-electron chi connectivity index (χ0n) is 11.0. The Morgan fingerprint density at radius 1 is 1.32 bits per heavy atom. The molecule has 0 saturated carbocycles. The standard InChI is InChI=1S/C15H18O4/c1-2-12(16)4-3-9-18-13-7-5-11-6-8-15(17)19-14(11)10-13/h5-8,10,12,16H,2-4,9H2,1H3. The van der Waals surface area contributed by atoms with Crippen LogP contribution >= 0.6 is 0 Å². The Bertz CT molecular complexity index is 588. The van der Waals surface area contributed by atoms with E-state index >= 15 is 0 Å². The van der Waals surface area contributed by atoms with Gasteiger partial charge >= 0.3 is 5.63 Å². The van der Waals surface area contributed by atoms with Crippen molar-refractivity contribution < 1.29 is 14.3 Å². The van der Waals surface area contributed by atoms with Crippen LogP contribution in [0.3, 0.4) is 0 Å². The van der Waals surface area contributed by atoms with E-state index in [1.54, 1.807) is 12.1 Å². The maximum Gasteiger partial charge on any atom is 0.336 e. The fraction of sp³-hybridized carbons (Fsp3) is 0.400. The number of aliphatic hydroxyl groups excluding tert-OH is 1. The molecule has 4 nitrogen and oxygen atoms in total. The molecule has 2 rings (SSSR count). The second-order valence-corrected chi connectivity index (χ2v) is 4.51. The first kappa shape index (κ1) is 13.6. The Labute approximate surface area is 111 Å². The molecule has 0 saturated heterocycles. The normalized spacial score (nSPS) is 12.5. The Balaban J connectivity index is 1.95. The summed E-state index contributed by atoms with van der Waals surface area (Å²) < 4.78 is 10.7. The summed E-state index contributed by atoms with van der Waals surface area (Å²) in [6.07, 6.45) is 2.05. The van der Waals surface area contributed by atoms with Crippen molar-refractivity contribution in [3.63, 3.8) is 0 Å². The summed E-state index contributed by atoms with van der Waals surface area (Å²) in [5.74, 6) is 0.674. The molecule has 0 aliphatic rings. The van der Waals surface area contributed by atoms with Gasteiger partial charge in [-0.05, 0) is 37.5 Å². The minimum Gasteiger partial charge on any atom is -0.493 e. The minimum atomic E-state index is -0.365. The molecule has 0 aliphatic heterocycles. The van der Waals surface area contributed by atoms with Gasteiger partial charge in [0.05, 0.1) is 12.7 Å². The Morgan fingerprint density at radius 2 is 2.11 bits per heavy atom. The van der Waals surface area contributed by atoms with E-state index in [-0.39, 0.29) is 11.7 Å². The van der Waals surface area contributed by atoms with E-state index in [4.69, 9.17) is 9.15 Å². The molecule has 0 spiro atoms. The lowest BCUT2D eigenvalue weighted by molar-refractivity contribution is 0.149. The van der Waals surface area contributed by atoms with Crippen LogP contribution in [0.5, 0.6) is 5.75 Å². The Morgan fingerprint density at radius 3 is 2.89 bits per heavy atom. The molecule has 0 aliphatic carbocycles. The predicted octanol–water partition coefficient (Wildman–Crippen LogP) is 2.72. The molecule has 1 unspecified atom stereocenters. The van der Waals surface area contributed by atoms with Crippen molar-refractivity contribution in [3.8, 4) is 5.75 Å². The molecule has 1 atom stereocenters. The number of fused-ring (bicyclic) bond motifs is 1. The van der Waals surface area contributed by atoms with E-state index in [9.17, 15) is 9.90 Å². The van der Waals surface area contributed by atoms with Crippen LogP contribution in [0.25, 0.3) is 11.0 Å². The number of hydrogen-bond acceptors (Lipinski definition) is 4. The minimum absolute atomic E-state index is 0.252. The fourth-order valence-corrected chi connectivity index (χ4v) is 1.84. The van der Waals surface area contributed by atoms with E-state index in [0.717, 1.165) is 24.6 Å². The first-order valence-corrected chi connectivity index (χ1v) is 6.54. The zero-order valence-corrected chi connectivity index (χ0v) is 11.0. The first-order valence-electron chi connectivity index (χ1n) is 6.54. The maximum atomic E-state index is 11.1. The highest BCUT2D eigenvalue weighted by atomic mass is 16.5. The van der Waals surface area contributed by atoms with Gasteiger partial charge in [0.15, 0.2) is 0 Å². The smallest absolute Gasteiger partial charge is 0.336 e. The molecule has 0 amide bonds. The third kappa shape index (κ3) is 3.83. The Kier molecular flexibility index (Phi) is 4.58. The van der Waals surface area contributed by atoms with E-state index in [0.29, 0.717) is 17.9 Å². The highest BCUT2D eigenvalue weighted by Crippen LogP contribution is 2.19. The second-order valence-electron chi connectivity index (χ2n) is 4.51. The number of hydrogen-bond donors (Lipinski definition) is 1. The molecule has 102 valence electrons. The lowest BCUT2D eigenvalue weighted by atomic mass is 10.1. The molecule has 1 aromatic carbocycles. The largest absolute Gasteiger partial charge is 0.493 e. The molecule has 1 N–H and O–H groups in total. The summed E-state index contributed by atoms with van der Waals surface area (Å²) in [6.45, 7) is 2.50. The van der Waals surface area contributed by atoms with Crippen molar-refractivity contribution in [1.82, 2.24) is 0 Å². The molecule has 1 heterocycles. The highest BCUT2D eigenvalue weighted by Gasteiger charge is 2.02. The topological polar surface area (TPSA) is 59.7 Å². The molecule has 0 bridgehead atoms. The third-order valence-corrected chi connectivity index (χ3v) is 3.02. The number of ether oxygens (including phenoxy) is 1. The van der Waals surface area contributed by atoms with Crippen LogP contribution < -0.4 is 10.4 Å². The lowest BCUT2D eigenvalue weighted by Gasteiger charge is -2.09. The molecule has 1 aromatic heterocycles. The van der Waals surface area contributed by atoms with Gasteiger partial charge < -0.3 is 14.3 Å². The van der Waals surface area contributed by atoms with Crippen LogP contribution in [0, 0.1) is 0 Å². The number of benzene rings is 1. The van der Waals surface area contributed by atoms with Crippen LogP contribution in [0.2, 0.25) is 0 Å². The van der Waals surface area contributed by atoms with Crippen LogP contribution in [0.15, 0.2) is 39.5 Å². The fourth-order valence-electron chi connectivity index (χ4n) is 1.84. The number of aliphatic hydroxyl groups is 1. The van der Waals surface area contributed by atoms with Crippen molar-refractivity contribution in [3.05, 3.63) is 40.8 Å². The summed E-state index contributed by atoms with van der Waals surface area (Å²) in [4.78, 5) is 11.1. The molecule has 2 aromatic rings. The summed E-state index contributed by atoms with van der Waals surface area (Å²) in [6, 6.07) is 8.54. The van der Waals surface area contributed by atoms with Gasteiger partial charge in [-0.25, -0.2) is 4.79 Å². The van der Waals surface area contributed by atoms with E-state index in [1.807, 2.05) is 19.1 Å². The van der Waals surface area contributed by atoms with E-state index in [1.165, 1.54) is 6.07 Å². The number of rotatable bonds is 6. The molecular weight excluding hydrogens is 244 g/mol. The monoisotopic (exact) mass is 262 g/mol. The quantitative estimate of drug-likeness (QED) is 0.642. The Hall–Kier alpha value is -1.81. The van der Waals surface area contributed by atoms with Gasteiger partial charge in [-0.3, -0.25) is 0 Å². The second kappa shape index (κ2) is 6.38. The van der Waals surface area contributed by atoms with Crippen LogP contribution in [-0.4, -0.2) is 17.8 Å².